The van der Waals surface area contributed by atoms with Crippen molar-refractivity contribution >= 4 is 29.9 Å². The van der Waals surface area contributed by atoms with Gasteiger partial charge in [-0.05, 0) is 18.9 Å². The minimum absolute atomic E-state index is 0. The van der Waals surface area contributed by atoms with Gasteiger partial charge in [-0.1, -0.05) is 0 Å². The first-order valence-electron chi connectivity index (χ1n) is 7.92. The van der Waals surface area contributed by atoms with Crippen molar-refractivity contribution in [3.63, 3.8) is 0 Å². The van der Waals surface area contributed by atoms with Crippen LogP contribution in [-0.4, -0.2) is 35.1 Å². The highest BCUT2D eigenvalue weighted by molar-refractivity contribution is 5.85. The summed E-state index contributed by atoms with van der Waals surface area (Å²) in [5.41, 5.74) is 0.630. The highest BCUT2D eigenvalue weighted by Crippen LogP contribution is 2.24. The van der Waals surface area contributed by atoms with Crippen molar-refractivity contribution in [2.75, 3.05) is 23.3 Å². The summed E-state index contributed by atoms with van der Waals surface area (Å²) in [6, 6.07) is 4.48. The lowest BCUT2D eigenvalue weighted by Gasteiger charge is -2.33. The third-order valence-corrected chi connectivity index (χ3v) is 4.40. The molecule has 2 atom stereocenters. The number of fused-ring (bicyclic) bond motifs is 2. The lowest BCUT2D eigenvalue weighted by Crippen LogP contribution is -2.51. The van der Waals surface area contributed by atoms with E-state index < -0.39 is 0 Å². The van der Waals surface area contributed by atoms with E-state index in [-0.39, 0.29) is 18.2 Å². The van der Waals surface area contributed by atoms with Gasteiger partial charge < -0.3 is 15.5 Å². The molecule has 2 saturated heterocycles. The number of piperazine rings is 1. The highest BCUT2D eigenvalue weighted by atomic mass is 35.5. The maximum Gasteiger partial charge on any atom is 0.229 e. The Morgan fingerprint density at radius 3 is 2.75 bits per heavy atom. The van der Waals surface area contributed by atoms with Crippen molar-refractivity contribution in [3.05, 3.63) is 36.5 Å². The van der Waals surface area contributed by atoms with E-state index >= 15 is 0 Å². The molecule has 0 amide bonds. The van der Waals surface area contributed by atoms with Crippen molar-refractivity contribution < 1.29 is 8.96 Å². The van der Waals surface area contributed by atoms with Crippen LogP contribution >= 0.6 is 12.4 Å². The van der Waals surface area contributed by atoms with E-state index in [1.165, 1.54) is 25.1 Å². The van der Waals surface area contributed by atoms with Crippen molar-refractivity contribution in [1.29, 1.82) is 0 Å². The normalized spacial score (nSPS) is 22.2. The summed E-state index contributed by atoms with van der Waals surface area (Å²) >= 11 is 0. The summed E-state index contributed by atoms with van der Waals surface area (Å²) in [6.07, 6.45) is 7.42. The first-order chi connectivity index (χ1) is 11.2. The Morgan fingerprint density at radius 1 is 1.29 bits per heavy atom. The first kappa shape index (κ1) is 16.9. The Kier molecular flexibility index (Phi) is 4.82. The van der Waals surface area contributed by atoms with Crippen LogP contribution in [0, 0.1) is 5.82 Å². The molecule has 0 radical (unpaired) electrons. The minimum atomic E-state index is -0.299. The number of pyridine rings is 1. The van der Waals surface area contributed by atoms with Gasteiger partial charge in [0.2, 0.25) is 12.1 Å². The topological polar surface area (TPSA) is 57.0 Å². The lowest BCUT2D eigenvalue weighted by atomic mass is 10.2. The zero-order chi connectivity index (χ0) is 15.8. The second-order valence-electron chi connectivity index (χ2n) is 6.31. The van der Waals surface area contributed by atoms with E-state index in [1.54, 1.807) is 24.0 Å². The van der Waals surface area contributed by atoms with E-state index in [4.69, 9.17) is 0 Å². The van der Waals surface area contributed by atoms with Crippen LogP contribution < -0.4 is 20.1 Å². The van der Waals surface area contributed by atoms with Crippen LogP contribution in [0.3, 0.4) is 0 Å². The molecule has 0 unspecified atom stereocenters. The lowest BCUT2D eigenvalue weighted by molar-refractivity contribution is -0.672. The molecule has 0 saturated carbocycles. The molecule has 0 aliphatic carbocycles. The van der Waals surface area contributed by atoms with Gasteiger partial charge in [-0.3, -0.25) is 0 Å². The number of hydrogen-bond acceptors (Lipinski definition) is 5. The summed E-state index contributed by atoms with van der Waals surface area (Å²) in [4.78, 5) is 11.1. The predicted octanol–water partition coefficient (Wildman–Crippen LogP) is 1.55. The van der Waals surface area contributed by atoms with Gasteiger partial charge in [-0.25, -0.2) is 13.9 Å². The van der Waals surface area contributed by atoms with Gasteiger partial charge in [0.1, 0.15) is 18.6 Å². The SMILES string of the molecule is C[n+]1cc(F)cc(Nc2nccc(N3C[C@H]4CC[C@@H](C3)N4)n2)c1.Cl. The molecule has 0 spiro atoms. The van der Waals surface area contributed by atoms with Crippen LogP contribution in [0.5, 0.6) is 0 Å². The Bertz CT molecular complexity index is 695. The van der Waals surface area contributed by atoms with Crippen LogP contribution in [-0.2, 0) is 7.05 Å². The number of halogens is 2. The summed E-state index contributed by atoms with van der Waals surface area (Å²) in [5.74, 6) is 1.10. The van der Waals surface area contributed by atoms with Gasteiger partial charge in [0, 0.05) is 37.4 Å². The molecule has 4 heterocycles. The van der Waals surface area contributed by atoms with Crippen molar-refractivity contribution in [2.24, 2.45) is 7.05 Å². The van der Waals surface area contributed by atoms with Crippen LogP contribution in [0.25, 0.3) is 0 Å². The maximum absolute atomic E-state index is 13.5. The molecule has 8 heteroatoms. The molecular weight excluding hydrogens is 331 g/mol. The van der Waals surface area contributed by atoms with Gasteiger partial charge in [0.05, 0.1) is 0 Å². The molecule has 24 heavy (non-hydrogen) atoms. The zero-order valence-corrected chi connectivity index (χ0v) is 14.3. The average molecular weight is 352 g/mol. The summed E-state index contributed by atoms with van der Waals surface area (Å²) in [6.45, 7) is 1.95. The fourth-order valence-corrected chi connectivity index (χ4v) is 3.44. The van der Waals surface area contributed by atoms with Gasteiger partial charge in [0.25, 0.3) is 0 Å². The molecule has 2 N–H and O–H groups in total. The molecule has 2 aromatic rings. The standard InChI is InChI=1S/C16H20FN6.ClH/c1-22-7-11(17)6-14(8-22)20-16-18-5-4-15(21-16)23-9-12-2-3-13(10-23)19-12;/h4-8,12-13,19H,2-3,9-10H2,1H3,(H,18,20,21);1H/q+1;/t12-,13+;. The molecule has 2 bridgehead atoms. The molecule has 2 aliphatic rings. The second-order valence-corrected chi connectivity index (χ2v) is 6.31. The van der Waals surface area contributed by atoms with Crippen molar-refractivity contribution in [2.45, 2.75) is 24.9 Å². The second kappa shape index (κ2) is 6.86. The van der Waals surface area contributed by atoms with E-state index in [0.29, 0.717) is 23.7 Å². The third-order valence-electron chi connectivity index (χ3n) is 4.40. The minimum Gasteiger partial charge on any atom is -0.353 e. The number of nitrogens with one attached hydrogen (secondary N) is 2. The van der Waals surface area contributed by atoms with E-state index in [0.717, 1.165) is 18.9 Å². The average Bonchev–Trinajstić information content (AvgIpc) is 2.85. The number of aryl methyl sites for hydroxylation is 1. The zero-order valence-electron chi connectivity index (χ0n) is 13.4. The Balaban J connectivity index is 0.00000169. The largest absolute Gasteiger partial charge is 0.353 e. The molecule has 128 valence electrons. The van der Waals surface area contributed by atoms with Crippen LogP contribution in [0.1, 0.15) is 12.8 Å². The highest BCUT2D eigenvalue weighted by Gasteiger charge is 2.32. The smallest absolute Gasteiger partial charge is 0.229 e. The summed E-state index contributed by atoms with van der Waals surface area (Å²) in [5, 5.41) is 6.69. The van der Waals surface area contributed by atoms with Crippen LogP contribution in [0.15, 0.2) is 30.7 Å². The number of nitrogens with zero attached hydrogens (tertiary/aromatic N) is 4. The molecule has 2 aromatic heterocycles. The number of anilines is 3. The van der Waals surface area contributed by atoms with E-state index in [2.05, 4.69) is 25.5 Å². The fraction of sp³-hybridized carbons (Fsp3) is 0.438. The summed E-state index contributed by atoms with van der Waals surface area (Å²) < 4.78 is 15.1. The van der Waals surface area contributed by atoms with E-state index in [1.807, 2.05) is 6.07 Å². The maximum atomic E-state index is 13.5. The number of rotatable bonds is 3. The predicted molar refractivity (Wildman–Crippen MR) is 92.3 cm³/mol. The van der Waals surface area contributed by atoms with Crippen LogP contribution in [0.4, 0.5) is 21.8 Å². The molecule has 6 nitrogen and oxygen atoms in total. The van der Waals surface area contributed by atoms with Crippen molar-refractivity contribution in [3.8, 4) is 0 Å². The monoisotopic (exact) mass is 351 g/mol. The molecular formula is C16H21ClFN6+. The van der Waals surface area contributed by atoms with Gasteiger partial charge in [-0.15, -0.1) is 12.4 Å². The van der Waals surface area contributed by atoms with Gasteiger partial charge >= 0.3 is 0 Å². The Labute approximate surface area is 146 Å². The van der Waals surface area contributed by atoms with Gasteiger partial charge in [0.15, 0.2) is 12.0 Å². The Morgan fingerprint density at radius 2 is 2.04 bits per heavy atom. The Hall–Kier alpha value is -1.99. The molecule has 2 fully saturated rings. The molecule has 4 rings (SSSR count). The number of hydrogen-bond donors (Lipinski definition) is 2. The fourth-order valence-electron chi connectivity index (χ4n) is 3.44. The first-order valence-corrected chi connectivity index (χ1v) is 7.92. The third kappa shape index (κ3) is 3.57. The van der Waals surface area contributed by atoms with E-state index in [9.17, 15) is 4.39 Å². The molecule has 0 aromatic carbocycles. The molecule has 2 aliphatic heterocycles. The van der Waals surface area contributed by atoms with Gasteiger partial charge in [-0.2, -0.15) is 4.98 Å². The summed E-state index contributed by atoms with van der Waals surface area (Å²) in [7, 11) is 1.78. The van der Waals surface area contributed by atoms with Crippen molar-refractivity contribution in [1.82, 2.24) is 15.3 Å². The van der Waals surface area contributed by atoms with Crippen LogP contribution in [0.2, 0.25) is 0 Å². The number of aromatic nitrogens is 3. The quantitative estimate of drug-likeness (QED) is 0.822.